The Morgan fingerprint density at radius 3 is 1.90 bits per heavy atom. The van der Waals surface area contributed by atoms with Crippen molar-refractivity contribution in [2.45, 2.75) is 81.1 Å². The first-order chi connectivity index (χ1) is 10.1. The Bertz CT molecular complexity index is 311. The number of aliphatic hydroxyl groups is 1. The van der Waals surface area contributed by atoms with Crippen molar-refractivity contribution in [3.63, 3.8) is 0 Å². The highest BCUT2D eigenvalue weighted by atomic mass is 28.3. The van der Waals surface area contributed by atoms with Crippen molar-refractivity contribution < 1.29 is 14.6 Å². The van der Waals surface area contributed by atoms with Gasteiger partial charge in [-0.1, -0.05) is 25.7 Å². The molecule has 2 heterocycles. The molecule has 0 aliphatic carbocycles. The van der Waals surface area contributed by atoms with Gasteiger partial charge < -0.3 is 14.6 Å². The van der Waals surface area contributed by atoms with Gasteiger partial charge in [0.25, 0.3) is 0 Å². The predicted molar refractivity (Wildman–Crippen MR) is 93.5 cm³/mol. The number of aliphatic hydroxyl groups excluding tert-OH is 1. The molecule has 5 heteroatoms. The fraction of sp³-hybridized carbons (Fsp3) is 1.00. The molecule has 3 unspecified atom stereocenters. The van der Waals surface area contributed by atoms with Crippen molar-refractivity contribution in [1.29, 1.82) is 0 Å². The molecular weight excluding hydrogens is 296 g/mol. The SMILES string of the molecule is C[SiH](C)C1(C2([SiH](C)CCCO)CCCCO2)CCCCO1. The Hall–Kier alpha value is 0.314. The minimum Gasteiger partial charge on any atom is -0.396 e. The van der Waals surface area contributed by atoms with Gasteiger partial charge in [-0.2, -0.15) is 0 Å². The lowest BCUT2D eigenvalue weighted by molar-refractivity contribution is -0.164. The standard InChI is InChI=1S/C16H34O3Si2/c1-20(2)15(9-4-6-12-18-15)16(10-5-7-13-19-16)21(3)14-8-11-17/h17,20-21H,4-14H2,1-3H3. The number of hydrogen-bond acceptors (Lipinski definition) is 3. The minimum absolute atomic E-state index is 0.0429. The zero-order valence-electron chi connectivity index (χ0n) is 14.2. The van der Waals surface area contributed by atoms with Gasteiger partial charge in [0.1, 0.15) is 0 Å². The van der Waals surface area contributed by atoms with E-state index in [-0.39, 0.29) is 10.4 Å². The molecule has 21 heavy (non-hydrogen) atoms. The molecule has 3 nitrogen and oxygen atoms in total. The zero-order chi connectivity index (χ0) is 15.3. The van der Waals surface area contributed by atoms with Crippen LogP contribution in [0, 0.1) is 0 Å². The molecule has 3 atom stereocenters. The molecule has 0 aromatic heterocycles. The maximum absolute atomic E-state index is 9.24. The van der Waals surface area contributed by atoms with Crippen molar-refractivity contribution >= 4 is 17.6 Å². The molecular formula is C16H34O3Si2. The fourth-order valence-electron chi connectivity index (χ4n) is 4.68. The third-order valence-electron chi connectivity index (χ3n) is 5.84. The van der Waals surface area contributed by atoms with E-state index in [2.05, 4.69) is 19.6 Å². The van der Waals surface area contributed by atoms with Crippen LogP contribution < -0.4 is 0 Å². The van der Waals surface area contributed by atoms with Gasteiger partial charge in [-0.3, -0.25) is 0 Å². The second kappa shape index (κ2) is 7.73. The van der Waals surface area contributed by atoms with E-state index >= 15 is 0 Å². The number of rotatable bonds is 6. The average Bonchev–Trinajstić information content (AvgIpc) is 2.53. The van der Waals surface area contributed by atoms with Crippen LogP contribution in [0.5, 0.6) is 0 Å². The van der Waals surface area contributed by atoms with Crippen LogP contribution >= 0.6 is 0 Å². The number of hydrogen-bond donors (Lipinski definition) is 1. The summed E-state index contributed by atoms with van der Waals surface area (Å²) in [6, 6.07) is 1.18. The van der Waals surface area contributed by atoms with Crippen LogP contribution in [0.4, 0.5) is 0 Å². The second-order valence-corrected chi connectivity index (χ2v) is 13.9. The van der Waals surface area contributed by atoms with Gasteiger partial charge in [0.05, 0.1) is 28.0 Å². The van der Waals surface area contributed by atoms with Gasteiger partial charge in [0.2, 0.25) is 0 Å². The highest BCUT2D eigenvalue weighted by Crippen LogP contribution is 2.47. The molecule has 0 amide bonds. The number of ether oxygens (including phenoxy) is 2. The Labute approximate surface area is 133 Å². The molecule has 0 bridgehead atoms. The average molecular weight is 331 g/mol. The molecule has 0 radical (unpaired) electrons. The monoisotopic (exact) mass is 330 g/mol. The molecule has 2 fully saturated rings. The first-order valence-electron chi connectivity index (χ1n) is 8.98. The molecule has 0 spiro atoms. The fourth-order valence-corrected chi connectivity index (χ4v) is 12.4. The van der Waals surface area contributed by atoms with Gasteiger partial charge in [0.15, 0.2) is 0 Å². The van der Waals surface area contributed by atoms with E-state index in [1.165, 1.54) is 44.6 Å². The summed E-state index contributed by atoms with van der Waals surface area (Å²) in [4.78, 5) is 0. The third-order valence-corrected chi connectivity index (χ3v) is 12.8. The van der Waals surface area contributed by atoms with Gasteiger partial charge in [-0.05, 0) is 44.9 Å². The Morgan fingerprint density at radius 1 is 0.905 bits per heavy atom. The zero-order valence-corrected chi connectivity index (χ0v) is 16.5. The predicted octanol–water partition coefficient (Wildman–Crippen LogP) is 2.67. The quantitative estimate of drug-likeness (QED) is 0.761. The third kappa shape index (κ3) is 3.32. The molecule has 2 aliphatic rings. The van der Waals surface area contributed by atoms with E-state index in [4.69, 9.17) is 9.47 Å². The van der Waals surface area contributed by atoms with Crippen LogP contribution in [0.15, 0.2) is 0 Å². The summed E-state index contributed by atoms with van der Waals surface area (Å²) in [5.41, 5.74) is 0. The van der Waals surface area contributed by atoms with E-state index in [9.17, 15) is 5.11 Å². The summed E-state index contributed by atoms with van der Waals surface area (Å²) in [5, 5.41) is 9.35. The minimum atomic E-state index is -1.11. The second-order valence-electron chi connectivity index (χ2n) is 7.31. The smallest absolute Gasteiger partial charge is 0.0800 e. The highest BCUT2D eigenvalue weighted by Gasteiger charge is 2.58. The summed E-state index contributed by atoms with van der Waals surface area (Å²) in [5.74, 6) is 0. The highest BCUT2D eigenvalue weighted by molar-refractivity contribution is 6.67. The van der Waals surface area contributed by atoms with E-state index in [0.717, 1.165) is 19.6 Å². The lowest BCUT2D eigenvalue weighted by Crippen LogP contribution is -2.71. The largest absolute Gasteiger partial charge is 0.396 e. The van der Waals surface area contributed by atoms with Crippen molar-refractivity contribution in [3.8, 4) is 0 Å². The van der Waals surface area contributed by atoms with E-state index < -0.39 is 17.6 Å². The van der Waals surface area contributed by atoms with Crippen LogP contribution in [-0.2, 0) is 9.47 Å². The van der Waals surface area contributed by atoms with Crippen LogP contribution in [0.3, 0.4) is 0 Å². The van der Waals surface area contributed by atoms with Gasteiger partial charge >= 0.3 is 0 Å². The van der Waals surface area contributed by atoms with E-state index in [1.54, 1.807) is 0 Å². The van der Waals surface area contributed by atoms with Crippen LogP contribution in [0.25, 0.3) is 0 Å². The summed E-state index contributed by atoms with van der Waals surface area (Å²) >= 11 is 0. The van der Waals surface area contributed by atoms with Gasteiger partial charge in [0, 0.05) is 19.8 Å². The Balaban J connectivity index is 2.31. The maximum atomic E-state index is 9.24. The summed E-state index contributed by atoms with van der Waals surface area (Å²) in [6.45, 7) is 9.55. The van der Waals surface area contributed by atoms with Crippen LogP contribution in [-0.4, -0.2) is 53.0 Å². The van der Waals surface area contributed by atoms with E-state index in [1.807, 2.05) is 0 Å². The van der Waals surface area contributed by atoms with Crippen molar-refractivity contribution in [1.82, 2.24) is 0 Å². The van der Waals surface area contributed by atoms with Crippen molar-refractivity contribution in [3.05, 3.63) is 0 Å². The molecule has 2 saturated heterocycles. The molecule has 2 aliphatic heterocycles. The maximum Gasteiger partial charge on any atom is 0.0800 e. The van der Waals surface area contributed by atoms with Gasteiger partial charge in [-0.25, -0.2) is 0 Å². The van der Waals surface area contributed by atoms with Crippen molar-refractivity contribution in [2.75, 3.05) is 19.8 Å². The normalized spacial score (nSPS) is 35.9. The Morgan fingerprint density at radius 2 is 1.48 bits per heavy atom. The van der Waals surface area contributed by atoms with E-state index in [0.29, 0.717) is 6.61 Å². The van der Waals surface area contributed by atoms with Gasteiger partial charge in [-0.15, -0.1) is 0 Å². The lowest BCUT2D eigenvalue weighted by atomic mass is 9.96. The molecule has 0 saturated carbocycles. The first kappa shape index (κ1) is 17.7. The molecule has 0 aromatic rings. The lowest BCUT2D eigenvalue weighted by Gasteiger charge is -2.58. The molecule has 1 N–H and O–H groups in total. The first-order valence-corrected chi connectivity index (χ1v) is 14.4. The summed E-state index contributed by atoms with van der Waals surface area (Å²) < 4.78 is 13.2. The molecule has 0 aromatic carbocycles. The molecule has 124 valence electrons. The van der Waals surface area contributed by atoms with Crippen LogP contribution in [0.1, 0.15) is 44.9 Å². The Kier molecular flexibility index (Phi) is 6.50. The van der Waals surface area contributed by atoms with Crippen LogP contribution in [0.2, 0.25) is 25.7 Å². The summed E-state index contributed by atoms with van der Waals surface area (Å²) in [6.07, 6.45) is 8.38. The molecule has 2 rings (SSSR count). The van der Waals surface area contributed by atoms with Crippen molar-refractivity contribution in [2.24, 2.45) is 0 Å². The topological polar surface area (TPSA) is 38.7 Å². The summed E-state index contributed by atoms with van der Waals surface area (Å²) in [7, 11) is -2.10.